The van der Waals surface area contributed by atoms with E-state index >= 15 is 0 Å². The Morgan fingerprint density at radius 3 is 2.71 bits per heavy atom. The fourth-order valence-electron chi connectivity index (χ4n) is 3.79. The minimum absolute atomic E-state index is 0.109. The van der Waals surface area contributed by atoms with Crippen LogP contribution >= 0.6 is 0 Å². The molecule has 4 atom stereocenters. The van der Waals surface area contributed by atoms with Crippen molar-refractivity contribution in [3.63, 3.8) is 0 Å². The number of hydrogen-bond acceptors (Lipinski definition) is 3. The van der Waals surface area contributed by atoms with Gasteiger partial charge in [0.2, 0.25) is 0 Å². The highest BCUT2D eigenvalue weighted by Gasteiger charge is 2.34. The Balaban J connectivity index is 1.75. The third-order valence-corrected chi connectivity index (χ3v) is 5.48. The van der Waals surface area contributed by atoms with Crippen LogP contribution in [0, 0.1) is 5.92 Å². The highest BCUT2D eigenvalue weighted by atomic mass is 16.3. The van der Waals surface area contributed by atoms with Gasteiger partial charge in [0.25, 0.3) is 5.91 Å². The summed E-state index contributed by atoms with van der Waals surface area (Å²) in [6.45, 7) is 3.97. The summed E-state index contributed by atoms with van der Waals surface area (Å²) in [7, 11) is 1.74. The first-order chi connectivity index (χ1) is 11.5. The normalized spacial score (nSPS) is 25.3. The quantitative estimate of drug-likeness (QED) is 0.924. The van der Waals surface area contributed by atoms with E-state index < -0.39 is 6.10 Å². The SMILES string of the molecule is CC1=CC(C(=O)N(C)C(C)[C@@H](O)c2ccccc2)=NC2CCCC12. The Morgan fingerprint density at radius 2 is 2.00 bits per heavy atom. The smallest absolute Gasteiger partial charge is 0.272 e. The van der Waals surface area contributed by atoms with E-state index in [2.05, 4.69) is 6.92 Å². The van der Waals surface area contributed by atoms with E-state index in [1.165, 1.54) is 18.4 Å². The van der Waals surface area contributed by atoms with Gasteiger partial charge in [0.05, 0.1) is 18.2 Å². The maximum absolute atomic E-state index is 12.8. The van der Waals surface area contributed by atoms with E-state index in [-0.39, 0.29) is 18.0 Å². The van der Waals surface area contributed by atoms with Crippen molar-refractivity contribution in [2.75, 3.05) is 7.05 Å². The summed E-state index contributed by atoms with van der Waals surface area (Å²) in [5.41, 5.74) is 2.61. The third kappa shape index (κ3) is 3.16. The van der Waals surface area contributed by atoms with Gasteiger partial charge in [0, 0.05) is 13.0 Å². The van der Waals surface area contributed by atoms with Gasteiger partial charge in [-0.15, -0.1) is 0 Å². The second kappa shape index (κ2) is 6.89. The van der Waals surface area contributed by atoms with Crippen LogP contribution in [0.1, 0.15) is 44.8 Å². The second-order valence-electron chi connectivity index (χ2n) is 7.02. The zero-order valence-corrected chi connectivity index (χ0v) is 14.6. The average molecular weight is 326 g/mol. The minimum Gasteiger partial charge on any atom is -0.386 e. The van der Waals surface area contributed by atoms with Crippen molar-refractivity contribution >= 4 is 11.6 Å². The maximum Gasteiger partial charge on any atom is 0.272 e. The average Bonchev–Trinajstić information content (AvgIpc) is 3.09. The van der Waals surface area contributed by atoms with E-state index in [1.807, 2.05) is 43.3 Å². The van der Waals surface area contributed by atoms with E-state index in [4.69, 9.17) is 4.99 Å². The van der Waals surface area contributed by atoms with Gasteiger partial charge in [0.1, 0.15) is 5.71 Å². The third-order valence-electron chi connectivity index (χ3n) is 5.48. The Morgan fingerprint density at radius 1 is 1.29 bits per heavy atom. The van der Waals surface area contributed by atoms with Gasteiger partial charge in [0.15, 0.2) is 0 Å². The van der Waals surface area contributed by atoms with Crippen molar-refractivity contribution in [2.24, 2.45) is 10.9 Å². The molecular weight excluding hydrogens is 300 g/mol. The Bertz CT molecular complexity index is 665. The molecule has 1 heterocycles. The number of fused-ring (bicyclic) bond motifs is 1. The number of benzene rings is 1. The molecule has 128 valence electrons. The maximum atomic E-state index is 12.8. The van der Waals surface area contributed by atoms with Gasteiger partial charge in [-0.3, -0.25) is 9.79 Å². The van der Waals surface area contributed by atoms with Crippen LogP contribution in [0.2, 0.25) is 0 Å². The number of aliphatic hydroxyl groups excluding tert-OH is 1. The van der Waals surface area contributed by atoms with Gasteiger partial charge in [-0.1, -0.05) is 42.3 Å². The number of carbonyl (C=O) groups is 1. The Kier molecular flexibility index (Phi) is 4.86. The molecule has 4 heteroatoms. The van der Waals surface area contributed by atoms with Gasteiger partial charge < -0.3 is 10.0 Å². The number of dihydropyridines is 1. The van der Waals surface area contributed by atoms with Crippen LogP contribution in [-0.2, 0) is 4.79 Å². The zero-order valence-electron chi connectivity index (χ0n) is 14.6. The van der Waals surface area contributed by atoms with Crippen molar-refractivity contribution in [2.45, 2.75) is 51.3 Å². The van der Waals surface area contributed by atoms with Crippen molar-refractivity contribution < 1.29 is 9.90 Å². The van der Waals surface area contributed by atoms with Crippen LogP contribution in [0.5, 0.6) is 0 Å². The molecule has 1 aliphatic heterocycles. The molecular formula is C20H26N2O2. The number of aliphatic imine (C=N–C) groups is 1. The number of aliphatic hydroxyl groups is 1. The molecule has 0 aromatic heterocycles. The molecule has 1 aromatic carbocycles. The molecule has 1 aromatic rings. The molecule has 4 nitrogen and oxygen atoms in total. The van der Waals surface area contributed by atoms with Gasteiger partial charge in [-0.05, 0) is 38.3 Å². The largest absolute Gasteiger partial charge is 0.386 e. The van der Waals surface area contributed by atoms with E-state index in [0.29, 0.717) is 11.6 Å². The number of rotatable bonds is 4. The molecule has 24 heavy (non-hydrogen) atoms. The van der Waals surface area contributed by atoms with Gasteiger partial charge >= 0.3 is 0 Å². The molecule has 1 aliphatic carbocycles. The Hall–Kier alpha value is -1.94. The van der Waals surface area contributed by atoms with Crippen LogP contribution in [0.25, 0.3) is 0 Å². The van der Waals surface area contributed by atoms with Crippen LogP contribution in [-0.4, -0.2) is 40.8 Å². The standard InChI is InChI=1S/C20H26N2O2/c1-13-12-18(21-17-11-7-10-16(13)17)20(24)22(3)14(2)19(23)15-8-5-4-6-9-15/h4-6,8-9,12,14,16-17,19,23H,7,10-11H2,1-3H3/t14?,16?,17?,19-/m1/s1. The minimum atomic E-state index is -0.714. The predicted molar refractivity (Wildman–Crippen MR) is 96.0 cm³/mol. The first kappa shape index (κ1) is 16.9. The van der Waals surface area contributed by atoms with E-state index in [1.54, 1.807) is 11.9 Å². The fraction of sp³-hybridized carbons (Fsp3) is 0.500. The zero-order chi connectivity index (χ0) is 17.3. The molecule has 0 saturated heterocycles. The summed E-state index contributed by atoms with van der Waals surface area (Å²) in [6.07, 6.45) is 4.65. The molecule has 2 aliphatic rings. The second-order valence-corrected chi connectivity index (χ2v) is 7.02. The molecule has 0 bridgehead atoms. The molecule has 1 fully saturated rings. The number of likely N-dealkylation sites (N-methyl/N-ethyl adjacent to an activating group) is 1. The summed E-state index contributed by atoms with van der Waals surface area (Å²) in [5.74, 6) is 0.404. The molecule has 1 saturated carbocycles. The van der Waals surface area contributed by atoms with Crippen molar-refractivity contribution in [3.05, 3.63) is 47.5 Å². The topological polar surface area (TPSA) is 52.9 Å². The van der Waals surface area contributed by atoms with Gasteiger partial charge in [-0.2, -0.15) is 0 Å². The first-order valence-electron chi connectivity index (χ1n) is 8.75. The summed E-state index contributed by atoms with van der Waals surface area (Å²) in [4.78, 5) is 19.2. The summed E-state index contributed by atoms with van der Waals surface area (Å²) < 4.78 is 0. The number of nitrogens with zero attached hydrogens (tertiary/aromatic N) is 2. The lowest BCUT2D eigenvalue weighted by atomic mass is 9.91. The summed E-state index contributed by atoms with van der Waals surface area (Å²) in [6, 6.07) is 9.40. The van der Waals surface area contributed by atoms with Crippen molar-refractivity contribution in [1.29, 1.82) is 0 Å². The van der Waals surface area contributed by atoms with Crippen molar-refractivity contribution in [3.8, 4) is 0 Å². The molecule has 1 N–H and O–H groups in total. The molecule has 3 unspecified atom stereocenters. The van der Waals surface area contributed by atoms with Crippen LogP contribution in [0.4, 0.5) is 0 Å². The van der Waals surface area contributed by atoms with Gasteiger partial charge in [-0.25, -0.2) is 0 Å². The van der Waals surface area contributed by atoms with Crippen LogP contribution < -0.4 is 0 Å². The lowest BCUT2D eigenvalue weighted by Gasteiger charge is -2.31. The molecule has 3 rings (SSSR count). The molecule has 1 amide bonds. The van der Waals surface area contributed by atoms with Crippen LogP contribution in [0.15, 0.2) is 47.0 Å². The fourth-order valence-corrected chi connectivity index (χ4v) is 3.79. The van der Waals surface area contributed by atoms with Crippen molar-refractivity contribution in [1.82, 2.24) is 4.90 Å². The predicted octanol–water partition coefficient (Wildman–Crippen LogP) is 3.14. The lowest BCUT2D eigenvalue weighted by molar-refractivity contribution is -0.126. The highest BCUT2D eigenvalue weighted by Crippen LogP contribution is 2.36. The number of amides is 1. The highest BCUT2D eigenvalue weighted by molar-refractivity contribution is 6.43. The first-order valence-corrected chi connectivity index (χ1v) is 8.75. The Labute approximate surface area is 143 Å². The monoisotopic (exact) mass is 326 g/mol. The summed E-state index contributed by atoms with van der Waals surface area (Å²) in [5, 5.41) is 10.6. The van der Waals surface area contributed by atoms with E-state index in [9.17, 15) is 9.90 Å². The number of hydrogen-bond donors (Lipinski definition) is 1. The summed E-state index contributed by atoms with van der Waals surface area (Å²) >= 11 is 0. The lowest BCUT2D eigenvalue weighted by Crippen LogP contribution is -2.43. The molecule has 0 radical (unpaired) electrons. The van der Waals surface area contributed by atoms with E-state index in [0.717, 1.165) is 12.0 Å². The number of carbonyl (C=O) groups excluding carboxylic acids is 1. The van der Waals surface area contributed by atoms with Crippen LogP contribution in [0.3, 0.4) is 0 Å². The molecule has 0 spiro atoms.